The molecule has 1 aliphatic carbocycles. The second kappa shape index (κ2) is 6.82. The highest BCUT2D eigenvalue weighted by Crippen LogP contribution is 2.43. The van der Waals surface area contributed by atoms with Crippen molar-refractivity contribution in [2.24, 2.45) is 0 Å². The van der Waals surface area contributed by atoms with Gasteiger partial charge in [0.25, 0.3) is 10.0 Å². The maximum atomic E-state index is 12.6. The van der Waals surface area contributed by atoms with Crippen LogP contribution in [0.2, 0.25) is 0 Å². The fourth-order valence-corrected chi connectivity index (χ4v) is 4.96. The summed E-state index contributed by atoms with van der Waals surface area (Å²) in [5.41, 5.74) is -0.0129. The lowest BCUT2D eigenvalue weighted by molar-refractivity contribution is 0.458. The maximum Gasteiger partial charge on any atom is 0.265 e. The van der Waals surface area contributed by atoms with Crippen molar-refractivity contribution >= 4 is 31.6 Å². The van der Waals surface area contributed by atoms with Gasteiger partial charge in [0.2, 0.25) is 0 Å². The van der Waals surface area contributed by atoms with Crippen LogP contribution in [0.5, 0.6) is 11.5 Å². The number of hydrogen-bond donors (Lipinski definition) is 3. The van der Waals surface area contributed by atoms with Crippen LogP contribution in [0.4, 0.5) is 5.69 Å². The molecular formula is C18H17BrN2O4S. The van der Waals surface area contributed by atoms with Crippen LogP contribution in [0.1, 0.15) is 31.2 Å². The Balaban J connectivity index is 2.01. The van der Waals surface area contributed by atoms with Crippen LogP contribution < -0.4 is 4.72 Å². The van der Waals surface area contributed by atoms with Crippen molar-refractivity contribution < 1.29 is 18.6 Å². The zero-order chi connectivity index (χ0) is 18.9. The van der Waals surface area contributed by atoms with Gasteiger partial charge in [-0.1, -0.05) is 34.8 Å². The van der Waals surface area contributed by atoms with Gasteiger partial charge in [-0.15, -0.1) is 0 Å². The first-order chi connectivity index (χ1) is 12.3. The molecule has 0 heterocycles. The summed E-state index contributed by atoms with van der Waals surface area (Å²) >= 11 is 3.17. The van der Waals surface area contributed by atoms with Crippen molar-refractivity contribution in [3.63, 3.8) is 0 Å². The lowest BCUT2D eigenvalue weighted by Crippen LogP contribution is -2.20. The smallest absolute Gasteiger partial charge is 0.265 e. The Labute approximate surface area is 160 Å². The predicted molar refractivity (Wildman–Crippen MR) is 100 cm³/mol. The fraction of sp³-hybridized carbons (Fsp3) is 0.278. The van der Waals surface area contributed by atoms with Gasteiger partial charge in [-0.05, 0) is 48.7 Å². The summed E-state index contributed by atoms with van der Waals surface area (Å²) in [7, 11) is -4.13. The Morgan fingerprint density at radius 2 is 1.73 bits per heavy atom. The van der Waals surface area contributed by atoms with Crippen LogP contribution in [0.15, 0.2) is 45.8 Å². The van der Waals surface area contributed by atoms with Crippen LogP contribution in [0.3, 0.4) is 0 Å². The Kier molecular flexibility index (Phi) is 4.86. The van der Waals surface area contributed by atoms with E-state index in [1.165, 1.54) is 30.3 Å². The lowest BCUT2D eigenvalue weighted by Gasteiger charge is -2.22. The van der Waals surface area contributed by atoms with Crippen LogP contribution in [0, 0.1) is 11.3 Å². The van der Waals surface area contributed by atoms with Crippen molar-refractivity contribution in [3.05, 3.63) is 46.4 Å². The van der Waals surface area contributed by atoms with Crippen LogP contribution in [0.25, 0.3) is 0 Å². The molecule has 0 atom stereocenters. The number of halogens is 1. The number of nitriles is 1. The summed E-state index contributed by atoms with van der Waals surface area (Å²) in [6.07, 6.45) is 3.27. The van der Waals surface area contributed by atoms with E-state index in [1.54, 1.807) is 6.07 Å². The number of nitrogens with zero attached hydrogens (tertiary/aromatic N) is 1. The molecule has 8 heteroatoms. The van der Waals surface area contributed by atoms with Gasteiger partial charge in [0.15, 0.2) is 0 Å². The SMILES string of the molecule is N#CC1(c2ccc(O)c(NS(=O)(=O)c3cc(Br)ccc3O)c2)CCCC1. The summed E-state index contributed by atoms with van der Waals surface area (Å²) in [6.45, 7) is 0. The van der Waals surface area contributed by atoms with Gasteiger partial charge in [-0.3, -0.25) is 4.72 Å². The van der Waals surface area contributed by atoms with E-state index in [4.69, 9.17) is 0 Å². The second-order valence-corrected chi connectivity index (χ2v) is 8.92. The van der Waals surface area contributed by atoms with Gasteiger partial charge >= 0.3 is 0 Å². The van der Waals surface area contributed by atoms with E-state index in [-0.39, 0.29) is 16.3 Å². The summed E-state index contributed by atoms with van der Waals surface area (Å²) in [5, 5.41) is 29.6. The van der Waals surface area contributed by atoms with Gasteiger partial charge in [-0.2, -0.15) is 5.26 Å². The molecule has 1 aliphatic rings. The van der Waals surface area contributed by atoms with Crippen LogP contribution in [-0.4, -0.2) is 18.6 Å². The topological polar surface area (TPSA) is 110 Å². The molecule has 0 unspecified atom stereocenters. The Bertz CT molecular complexity index is 993. The number of sulfonamides is 1. The molecular weight excluding hydrogens is 420 g/mol. The van der Waals surface area contributed by atoms with E-state index in [9.17, 15) is 23.9 Å². The maximum absolute atomic E-state index is 12.6. The third-order valence-corrected chi connectivity index (χ3v) is 6.56. The van der Waals surface area contributed by atoms with Gasteiger partial charge in [-0.25, -0.2) is 8.42 Å². The van der Waals surface area contributed by atoms with Crippen LogP contribution in [-0.2, 0) is 15.4 Å². The molecule has 0 amide bonds. The average Bonchev–Trinajstić information content (AvgIpc) is 3.09. The molecule has 0 saturated heterocycles. The summed E-state index contributed by atoms with van der Waals surface area (Å²) in [6, 6.07) is 10.9. The third kappa shape index (κ3) is 3.37. The summed E-state index contributed by atoms with van der Waals surface area (Å²) in [5.74, 6) is -0.654. The number of anilines is 1. The normalized spacial score (nSPS) is 16.2. The molecule has 0 bridgehead atoms. The molecule has 0 aliphatic heterocycles. The molecule has 136 valence electrons. The first-order valence-corrected chi connectivity index (χ1v) is 10.3. The molecule has 0 radical (unpaired) electrons. The first-order valence-electron chi connectivity index (χ1n) is 8.03. The number of rotatable bonds is 4. The number of phenols is 2. The molecule has 0 spiro atoms. The standard InChI is InChI=1S/C18H17BrN2O4S/c19-13-4-6-16(23)17(10-13)26(24,25)21-14-9-12(3-5-15(14)22)18(11-20)7-1-2-8-18/h3-6,9-10,21-23H,1-2,7-8H2. The van der Waals surface area contributed by atoms with Crippen LogP contribution >= 0.6 is 15.9 Å². The van der Waals surface area contributed by atoms with E-state index in [2.05, 4.69) is 26.7 Å². The Morgan fingerprint density at radius 1 is 1.08 bits per heavy atom. The van der Waals surface area contributed by atoms with Crippen molar-refractivity contribution in [2.45, 2.75) is 36.0 Å². The second-order valence-electron chi connectivity index (χ2n) is 6.35. The van der Waals surface area contributed by atoms with Crippen molar-refractivity contribution in [2.75, 3.05) is 4.72 Å². The molecule has 26 heavy (non-hydrogen) atoms. The zero-order valence-corrected chi connectivity index (χ0v) is 16.1. The molecule has 3 N–H and O–H groups in total. The van der Waals surface area contributed by atoms with Crippen molar-refractivity contribution in [3.8, 4) is 17.6 Å². The highest BCUT2D eigenvalue weighted by Gasteiger charge is 2.36. The molecule has 2 aromatic rings. The van der Waals surface area contributed by atoms with E-state index in [1.807, 2.05) is 0 Å². The monoisotopic (exact) mass is 436 g/mol. The minimum atomic E-state index is -4.13. The number of hydrogen-bond acceptors (Lipinski definition) is 5. The lowest BCUT2D eigenvalue weighted by atomic mass is 9.80. The molecule has 0 aromatic heterocycles. The molecule has 1 fully saturated rings. The summed E-state index contributed by atoms with van der Waals surface area (Å²) in [4.78, 5) is -0.312. The van der Waals surface area contributed by atoms with E-state index in [0.717, 1.165) is 12.8 Å². The van der Waals surface area contributed by atoms with E-state index in [0.29, 0.717) is 22.9 Å². The van der Waals surface area contributed by atoms with E-state index >= 15 is 0 Å². The number of benzene rings is 2. The van der Waals surface area contributed by atoms with Crippen molar-refractivity contribution in [1.29, 1.82) is 5.26 Å². The Hall–Kier alpha value is -2.24. The third-order valence-electron chi connectivity index (χ3n) is 4.68. The average molecular weight is 437 g/mol. The molecule has 1 saturated carbocycles. The Morgan fingerprint density at radius 3 is 2.38 bits per heavy atom. The highest BCUT2D eigenvalue weighted by atomic mass is 79.9. The highest BCUT2D eigenvalue weighted by molar-refractivity contribution is 9.10. The minimum absolute atomic E-state index is 0.0246. The zero-order valence-electron chi connectivity index (χ0n) is 13.7. The first kappa shape index (κ1) is 18.5. The van der Waals surface area contributed by atoms with Gasteiger partial charge < -0.3 is 10.2 Å². The predicted octanol–water partition coefficient (Wildman–Crippen LogP) is 4.00. The number of phenolic OH excluding ortho intramolecular Hbond substituents is 2. The minimum Gasteiger partial charge on any atom is -0.507 e. The van der Waals surface area contributed by atoms with Gasteiger partial charge in [0.1, 0.15) is 16.4 Å². The fourth-order valence-electron chi connectivity index (χ4n) is 3.26. The number of aromatic hydroxyl groups is 2. The largest absolute Gasteiger partial charge is 0.507 e. The molecule has 3 rings (SSSR count). The quantitative estimate of drug-likeness (QED) is 0.627. The molecule has 6 nitrogen and oxygen atoms in total. The molecule has 2 aromatic carbocycles. The van der Waals surface area contributed by atoms with Crippen molar-refractivity contribution in [1.82, 2.24) is 0 Å². The number of nitrogens with one attached hydrogen (secondary N) is 1. The van der Waals surface area contributed by atoms with Gasteiger partial charge in [0, 0.05) is 4.47 Å². The van der Waals surface area contributed by atoms with Gasteiger partial charge in [0.05, 0.1) is 17.2 Å². The van der Waals surface area contributed by atoms with E-state index < -0.39 is 21.2 Å². The summed E-state index contributed by atoms with van der Waals surface area (Å²) < 4.78 is 28.1.